The molecule has 2 aromatic carbocycles. The summed E-state index contributed by atoms with van der Waals surface area (Å²) in [5.74, 6) is -0.932. The molecule has 8 heteroatoms. The van der Waals surface area contributed by atoms with E-state index in [1.165, 1.54) is 18.2 Å². The number of halogens is 3. The molecule has 158 valence electrons. The first-order chi connectivity index (χ1) is 14.3. The highest BCUT2D eigenvalue weighted by Crippen LogP contribution is 2.25. The molecule has 1 aliphatic rings. The van der Waals surface area contributed by atoms with E-state index in [9.17, 15) is 22.8 Å². The van der Waals surface area contributed by atoms with Crippen molar-refractivity contribution in [3.8, 4) is 5.75 Å². The largest absolute Gasteiger partial charge is 0.573 e. The third-order valence-electron chi connectivity index (χ3n) is 4.75. The summed E-state index contributed by atoms with van der Waals surface area (Å²) in [7, 11) is 0. The number of alkyl halides is 3. The first-order valence-corrected chi connectivity index (χ1v) is 9.49. The number of nitrogens with zero attached hydrogens (tertiary/aromatic N) is 1. The molecule has 30 heavy (non-hydrogen) atoms. The molecule has 1 N–H and O–H groups in total. The minimum atomic E-state index is -4.76. The number of carbonyl (C=O) groups is 2. The van der Waals surface area contributed by atoms with E-state index >= 15 is 0 Å². The number of carbonyl (C=O) groups excluding carboxylic acids is 2. The van der Waals surface area contributed by atoms with Gasteiger partial charge in [0.15, 0.2) is 0 Å². The van der Waals surface area contributed by atoms with Gasteiger partial charge in [0.1, 0.15) is 5.75 Å². The average molecular weight is 418 g/mol. The first kappa shape index (κ1) is 21.4. The zero-order valence-corrected chi connectivity index (χ0v) is 16.1. The first-order valence-electron chi connectivity index (χ1n) is 9.49. The number of amides is 2. The van der Waals surface area contributed by atoms with Crippen LogP contribution in [0.2, 0.25) is 0 Å². The number of ether oxygens (including phenoxy) is 1. The van der Waals surface area contributed by atoms with Gasteiger partial charge in [0.05, 0.1) is 0 Å². The van der Waals surface area contributed by atoms with Crippen LogP contribution >= 0.6 is 0 Å². The predicted molar refractivity (Wildman–Crippen MR) is 107 cm³/mol. The van der Waals surface area contributed by atoms with E-state index in [4.69, 9.17) is 0 Å². The third kappa shape index (κ3) is 6.37. The lowest BCUT2D eigenvalue weighted by Gasteiger charge is -2.30. The van der Waals surface area contributed by atoms with Gasteiger partial charge in [-0.05, 0) is 48.7 Å². The maximum Gasteiger partial charge on any atom is 0.573 e. The predicted octanol–water partition coefficient (Wildman–Crippen LogP) is 4.48. The molecule has 0 radical (unpaired) electrons. The monoisotopic (exact) mass is 418 g/mol. The molecule has 0 aliphatic carbocycles. The standard InChI is InChI=1S/C22H21F3N2O3/c23-22(24,25)30-19-9-7-18(8-10-19)26-21(29)17-12-14-27(15-13-17)20(28)11-6-16-4-2-1-3-5-16/h1-11,17H,12-15H2,(H,26,29)/b11-6+. The smallest absolute Gasteiger partial charge is 0.406 e. The van der Waals surface area contributed by atoms with Gasteiger partial charge in [-0.25, -0.2) is 0 Å². The Kier molecular flexibility index (Phi) is 6.76. The molecule has 0 spiro atoms. The van der Waals surface area contributed by atoms with E-state index in [1.54, 1.807) is 11.0 Å². The fraction of sp³-hybridized carbons (Fsp3) is 0.273. The summed E-state index contributed by atoms with van der Waals surface area (Å²) < 4.78 is 40.4. The number of nitrogens with one attached hydrogen (secondary N) is 1. The van der Waals surface area contributed by atoms with E-state index in [-0.39, 0.29) is 23.5 Å². The number of piperidine rings is 1. The number of hydrogen-bond acceptors (Lipinski definition) is 3. The Morgan fingerprint density at radius 2 is 1.63 bits per heavy atom. The lowest BCUT2D eigenvalue weighted by atomic mass is 9.95. The number of likely N-dealkylation sites (tertiary alicyclic amines) is 1. The molecule has 0 aromatic heterocycles. The van der Waals surface area contributed by atoms with Gasteiger partial charge in [-0.2, -0.15) is 0 Å². The lowest BCUT2D eigenvalue weighted by Crippen LogP contribution is -2.40. The van der Waals surface area contributed by atoms with Crippen LogP contribution in [0.3, 0.4) is 0 Å². The average Bonchev–Trinajstić information content (AvgIpc) is 2.73. The van der Waals surface area contributed by atoms with E-state index < -0.39 is 6.36 Å². The Balaban J connectivity index is 1.47. The second kappa shape index (κ2) is 9.47. The highest BCUT2D eigenvalue weighted by Gasteiger charge is 2.31. The van der Waals surface area contributed by atoms with E-state index in [0.29, 0.717) is 31.6 Å². The highest BCUT2D eigenvalue weighted by molar-refractivity contribution is 5.94. The van der Waals surface area contributed by atoms with Crippen molar-refractivity contribution in [2.24, 2.45) is 5.92 Å². The van der Waals surface area contributed by atoms with Crippen molar-refractivity contribution < 1.29 is 27.5 Å². The summed E-state index contributed by atoms with van der Waals surface area (Å²) in [6, 6.07) is 14.5. The molecule has 3 rings (SSSR count). The Labute approximate surface area is 172 Å². The molecule has 1 saturated heterocycles. The highest BCUT2D eigenvalue weighted by atomic mass is 19.4. The molecule has 5 nitrogen and oxygen atoms in total. The second-order valence-electron chi connectivity index (χ2n) is 6.91. The van der Waals surface area contributed by atoms with E-state index in [1.807, 2.05) is 30.3 Å². The second-order valence-corrected chi connectivity index (χ2v) is 6.91. The zero-order chi connectivity index (χ0) is 21.6. The van der Waals surface area contributed by atoms with Crippen LogP contribution in [0.1, 0.15) is 18.4 Å². The zero-order valence-electron chi connectivity index (χ0n) is 16.1. The molecule has 0 atom stereocenters. The maximum absolute atomic E-state index is 12.4. The molecule has 2 amide bonds. The van der Waals surface area contributed by atoms with Gasteiger partial charge in [0.25, 0.3) is 0 Å². The summed E-state index contributed by atoms with van der Waals surface area (Å²) in [5, 5.41) is 2.70. The van der Waals surface area contributed by atoms with Crippen molar-refractivity contribution in [3.63, 3.8) is 0 Å². The molecule has 0 unspecified atom stereocenters. The van der Waals surface area contributed by atoms with Crippen LogP contribution in [0.15, 0.2) is 60.7 Å². The van der Waals surface area contributed by atoms with Gasteiger partial charge >= 0.3 is 6.36 Å². The third-order valence-corrected chi connectivity index (χ3v) is 4.75. The number of benzene rings is 2. The fourth-order valence-electron chi connectivity index (χ4n) is 3.18. The number of anilines is 1. The van der Waals surface area contributed by atoms with E-state index in [2.05, 4.69) is 10.1 Å². The van der Waals surface area contributed by atoms with Crippen LogP contribution in [0, 0.1) is 5.92 Å². The minimum Gasteiger partial charge on any atom is -0.406 e. The SMILES string of the molecule is O=C(Nc1ccc(OC(F)(F)F)cc1)C1CCN(C(=O)/C=C/c2ccccc2)CC1. The summed E-state index contributed by atoms with van der Waals surface area (Å²) in [5.41, 5.74) is 1.32. The summed E-state index contributed by atoms with van der Waals surface area (Å²) in [4.78, 5) is 26.4. The van der Waals surface area contributed by atoms with Gasteiger partial charge in [-0.3, -0.25) is 9.59 Å². The Morgan fingerprint density at radius 1 is 1.00 bits per heavy atom. The molecular weight excluding hydrogens is 397 g/mol. The van der Waals surface area contributed by atoms with Gasteiger partial charge in [-0.1, -0.05) is 30.3 Å². The van der Waals surface area contributed by atoms with Crippen LogP contribution in [-0.2, 0) is 9.59 Å². The summed E-state index contributed by atoms with van der Waals surface area (Å²) in [6.07, 6.45) is -0.432. The Hall–Kier alpha value is -3.29. The van der Waals surface area contributed by atoms with Crippen molar-refractivity contribution in [1.29, 1.82) is 0 Å². The molecule has 1 heterocycles. The molecule has 2 aromatic rings. The topological polar surface area (TPSA) is 58.6 Å². The Bertz CT molecular complexity index is 888. The van der Waals surface area contributed by atoms with Crippen molar-refractivity contribution in [3.05, 3.63) is 66.2 Å². The summed E-state index contributed by atoms with van der Waals surface area (Å²) in [6.45, 7) is 0.933. The summed E-state index contributed by atoms with van der Waals surface area (Å²) >= 11 is 0. The molecule has 1 fully saturated rings. The van der Waals surface area contributed by atoms with Crippen LogP contribution < -0.4 is 10.1 Å². The Morgan fingerprint density at radius 3 is 2.23 bits per heavy atom. The molecule has 1 aliphatic heterocycles. The quantitative estimate of drug-likeness (QED) is 0.729. The van der Waals surface area contributed by atoms with Gasteiger partial charge in [0.2, 0.25) is 11.8 Å². The molecule has 0 bridgehead atoms. The van der Waals surface area contributed by atoms with Gasteiger partial charge in [0, 0.05) is 30.8 Å². The maximum atomic E-state index is 12.4. The molecular formula is C22H21F3N2O3. The fourth-order valence-corrected chi connectivity index (χ4v) is 3.18. The number of hydrogen-bond donors (Lipinski definition) is 1. The van der Waals surface area contributed by atoms with Crippen molar-refractivity contribution in [1.82, 2.24) is 4.90 Å². The van der Waals surface area contributed by atoms with Crippen molar-refractivity contribution in [2.75, 3.05) is 18.4 Å². The number of rotatable bonds is 5. The van der Waals surface area contributed by atoms with Gasteiger partial charge in [-0.15, -0.1) is 13.2 Å². The van der Waals surface area contributed by atoms with Crippen LogP contribution in [0.4, 0.5) is 18.9 Å². The van der Waals surface area contributed by atoms with Crippen LogP contribution in [-0.4, -0.2) is 36.2 Å². The van der Waals surface area contributed by atoms with Gasteiger partial charge < -0.3 is 15.0 Å². The van der Waals surface area contributed by atoms with Crippen LogP contribution in [0.25, 0.3) is 6.08 Å². The van der Waals surface area contributed by atoms with Crippen LogP contribution in [0.5, 0.6) is 5.75 Å². The lowest BCUT2D eigenvalue weighted by molar-refractivity contribution is -0.274. The minimum absolute atomic E-state index is 0.0991. The van der Waals surface area contributed by atoms with Crippen molar-refractivity contribution in [2.45, 2.75) is 19.2 Å². The van der Waals surface area contributed by atoms with Crippen molar-refractivity contribution >= 4 is 23.6 Å². The van der Waals surface area contributed by atoms with E-state index in [0.717, 1.165) is 17.7 Å². The normalized spacial score (nSPS) is 15.2. The molecule has 0 saturated carbocycles.